The number of ketones is 1. The van der Waals surface area contributed by atoms with Crippen molar-refractivity contribution in [3.63, 3.8) is 0 Å². The summed E-state index contributed by atoms with van der Waals surface area (Å²) >= 11 is 0. The molecule has 4 aliphatic rings. The Bertz CT molecular complexity index is 1220. The van der Waals surface area contributed by atoms with E-state index in [9.17, 15) is 14.4 Å². The van der Waals surface area contributed by atoms with E-state index in [0.29, 0.717) is 17.0 Å². The summed E-state index contributed by atoms with van der Waals surface area (Å²) in [6.07, 6.45) is 4.70. The lowest BCUT2D eigenvalue weighted by Crippen LogP contribution is -2.64. The number of esters is 1. The van der Waals surface area contributed by atoms with Gasteiger partial charge in [0.15, 0.2) is 5.54 Å². The van der Waals surface area contributed by atoms with Crippen molar-refractivity contribution in [1.82, 2.24) is 0 Å². The highest BCUT2D eigenvalue weighted by molar-refractivity contribution is 6.54. The van der Waals surface area contributed by atoms with Crippen LogP contribution in [0, 0.1) is 17.8 Å². The van der Waals surface area contributed by atoms with Gasteiger partial charge in [0.05, 0.1) is 12.2 Å². The van der Waals surface area contributed by atoms with Gasteiger partial charge in [-0.3, -0.25) is 14.5 Å². The second kappa shape index (κ2) is 7.17. The maximum atomic E-state index is 14.0. The molecule has 0 spiro atoms. The molecule has 2 bridgehead atoms. The van der Waals surface area contributed by atoms with E-state index in [1.54, 1.807) is 31.2 Å². The Morgan fingerprint density at radius 2 is 1.70 bits per heavy atom. The molecule has 2 aromatic rings. The monoisotopic (exact) mass is 441 g/mol. The number of para-hydroxylation sites is 1. The summed E-state index contributed by atoms with van der Waals surface area (Å²) in [6, 6.07) is 18.2. The highest BCUT2D eigenvalue weighted by Gasteiger charge is 2.73. The van der Waals surface area contributed by atoms with Gasteiger partial charge >= 0.3 is 11.9 Å². The van der Waals surface area contributed by atoms with E-state index < -0.39 is 29.1 Å². The summed E-state index contributed by atoms with van der Waals surface area (Å²) in [5.74, 6) is -2.01. The number of fused-ring (bicyclic) bond motifs is 7. The summed E-state index contributed by atoms with van der Waals surface area (Å²) in [4.78, 5) is 42.7. The fourth-order valence-corrected chi connectivity index (χ4v) is 6.20. The molecule has 6 rings (SSSR count). The quantitative estimate of drug-likeness (QED) is 0.412. The van der Waals surface area contributed by atoms with E-state index in [1.807, 2.05) is 36.4 Å². The zero-order valence-corrected chi connectivity index (χ0v) is 18.1. The van der Waals surface area contributed by atoms with Crippen molar-refractivity contribution in [3.8, 4) is 0 Å². The minimum absolute atomic E-state index is 0.00152. The van der Waals surface area contributed by atoms with E-state index in [2.05, 4.69) is 12.2 Å². The van der Waals surface area contributed by atoms with Crippen LogP contribution in [0.5, 0.6) is 0 Å². The van der Waals surface area contributed by atoms with Crippen LogP contribution in [-0.2, 0) is 23.9 Å². The smallest absolute Gasteiger partial charge is 0.337 e. The molecule has 2 heterocycles. The van der Waals surface area contributed by atoms with Crippen LogP contribution in [0.15, 0.2) is 78.4 Å². The van der Waals surface area contributed by atoms with Crippen LogP contribution in [0.2, 0.25) is 0 Å². The summed E-state index contributed by atoms with van der Waals surface area (Å²) < 4.78 is 12.2. The number of carbonyl (C=O) groups excluding carboxylic acids is 3. The molecule has 6 nitrogen and oxygen atoms in total. The Morgan fingerprint density at radius 3 is 2.39 bits per heavy atom. The molecule has 1 saturated heterocycles. The van der Waals surface area contributed by atoms with Crippen LogP contribution in [0.3, 0.4) is 0 Å². The van der Waals surface area contributed by atoms with E-state index in [1.165, 1.54) is 4.90 Å². The Kier molecular flexibility index (Phi) is 4.34. The average Bonchev–Trinajstić information content (AvgIpc) is 3.52. The Morgan fingerprint density at radius 1 is 1.03 bits per heavy atom. The number of ether oxygens (including phenoxy) is 2. The van der Waals surface area contributed by atoms with Crippen molar-refractivity contribution in [2.24, 2.45) is 17.8 Å². The topological polar surface area (TPSA) is 72.9 Å². The molecule has 6 heteroatoms. The van der Waals surface area contributed by atoms with Gasteiger partial charge in [-0.1, -0.05) is 60.7 Å². The Labute approximate surface area is 191 Å². The zero-order valence-electron chi connectivity index (χ0n) is 18.1. The number of rotatable bonds is 4. The third-order valence-corrected chi connectivity index (χ3v) is 7.35. The minimum atomic E-state index is -1.58. The number of hydrogen-bond acceptors (Lipinski definition) is 5. The second-order valence-electron chi connectivity index (χ2n) is 8.92. The van der Waals surface area contributed by atoms with Crippen LogP contribution in [-0.4, -0.2) is 35.9 Å². The molecule has 33 heavy (non-hydrogen) atoms. The second-order valence-corrected chi connectivity index (χ2v) is 8.92. The van der Waals surface area contributed by atoms with Gasteiger partial charge in [-0.2, -0.15) is 0 Å². The predicted molar refractivity (Wildman–Crippen MR) is 121 cm³/mol. The molecule has 0 unspecified atom stereocenters. The third-order valence-electron chi connectivity index (χ3n) is 7.35. The van der Waals surface area contributed by atoms with Crippen LogP contribution < -0.4 is 4.90 Å². The molecular weight excluding hydrogens is 418 g/mol. The van der Waals surface area contributed by atoms with Crippen molar-refractivity contribution in [2.45, 2.75) is 25.0 Å². The number of carbonyl (C=O) groups is 3. The van der Waals surface area contributed by atoms with Gasteiger partial charge in [-0.15, -0.1) is 0 Å². The normalized spacial score (nSPS) is 31.5. The lowest BCUT2D eigenvalue weighted by atomic mass is 9.67. The molecule has 5 atom stereocenters. The van der Waals surface area contributed by atoms with E-state index in [-0.39, 0.29) is 30.1 Å². The SMILES string of the molecule is CCOC(=O)[C@]12C(=C(c3ccccc3)O[C@@H]3[C@@H]1[C@@H]1C=C[C@H]3C1)C(=O)C(=O)N2c1ccccc1. The first kappa shape index (κ1) is 20.0. The maximum absolute atomic E-state index is 14.0. The van der Waals surface area contributed by atoms with Crippen LogP contribution in [0.25, 0.3) is 5.76 Å². The maximum Gasteiger partial charge on any atom is 0.337 e. The van der Waals surface area contributed by atoms with Crippen molar-refractivity contribution >= 4 is 29.1 Å². The van der Waals surface area contributed by atoms with Crippen LogP contribution in [0.4, 0.5) is 5.69 Å². The molecule has 2 fully saturated rings. The highest BCUT2D eigenvalue weighted by atomic mass is 16.5. The number of Topliss-reactive ketones (excluding diaryl/α,β-unsaturated/α-hetero) is 1. The molecule has 2 aliphatic heterocycles. The summed E-state index contributed by atoms with van der Waals surface area (Å²) in [5, 5.41) is 0. The summed E-state index contributed by atoms with van der Waals surface area (Å²) in [6.45, 7) is 1.88. The molecule has 166 valence electrons. The lowest BCUT2D eigenvalue weighted by Gasteiger charge is -2.48. The molecule has 0 aromatic heterocycles. The summed E-state index contributed by atoms with van der Waals surface area (Å²) in [7, 11) is 0. The van der Waals surface area contributed by atoms with Gasteiger partial charge in [0.2, 0.25) is 0 Å². The first-order chi connectivity index (χ1) is 16.1. The van der Waals surface area contributed by atoms with E-state index in [0.717, 1.165) is 6.42 Å². The predicted octanol–water partition coefficient (Wildman–Crippen LogP) is 3.54. The van der Waals surface area contributed by atoms with Gasteiger partial charge in [-0.05, 0) is 31.4 Å². The zero-order chi connectivity index (χ0) is 22.7. The lowest BCUT2D eigenvalue weighted by molar-refractivity contribution is -0.153. The number of anilines is 1. The van der Waals surface area contributed by atoms with Gasteiger partial charge in [-0.25, -0.2) is 4.79 Å². The summed E-state index contributed by atoms with van der Waals surface area (Å²) in [5.41, 5.74) is -0.312. The van der Waals surface area contributed by atoms with Crippen molar-refractivity contribution < 1.29 is 23.9 Å². The number of benzene rings is 2. The molecule has 0 radical (unpaired) electrons. The Balaban J connectivity index is 1.70. The third kappa shape index (κ3) is 2.52. The van der Waals surface area contributed by atoms with Gasteiger partial charge in [0.25, 0.3) is 5.78 Å². The number of amides is 1. The van der Waals surface area contributed by atoms with Gasteiger partial charge in [0, 0.05) is 23.1 Å². The number of hydrogen-bond donors (Lipinski definition) is 0. The average molecular weight is 441 g/mol. The minimum Gasteiger partial charge on any atom is -0.488 e. The fraction of sp³-hybridized carbons (Fsp3) is 0.296. The molecule has 0 N–H and O–H groups in total. The van der Waals surface area contributed by atoms with Gasteiger partial charge in [0.1, 0.15) is 11.9 Å². The number of allylic oxidation sites excluding steroid dienone is 1. The van der Waals surface area contributed by atoms with E-state index in [4.69, 9.17) is 9.47 Å². The largest absolute Gasteiger partial charge is 0.488 e. The fourth-order valence-electron chi connectivity index (χ4n) is 6.20. The molecule has 2 aromatic carbocycles. The molecule has 1 amide bonds. The Hall–Kier alpha value is -3.67. The standard InChI is InChI=1S/C27H23NO5/c1-2-32-26(31)27-20-17-13-14-18(15-17)24(20)33-23(16-9-5-3-6-10-16)21(27)22(29)25(30)28(27)19-11-7-4-8-12-19/h3-14,17-18,20,24H,2,15H2,1H3/t17-,18+,20+,24+,27-/m1/s1. The first-order valence-electron chi connectivity index (χ1n) is 11.3. The molecule has 1 saturated carbocycles. The van der Waals surface area contributed by atoms with Crippen molar-refractivity contribution in [2.75, 3.05) is 11.5 Å². The van der Waals surface area contributed by atoms with Crippen LogP contribution in [0.1, 0.15) is 18.9 Å². The highest BCUT2D eigenvalue weighted by Crippen LogP contribution is 2.61. The van der Waals surface area contributed by atoms with Crippen molar-refractivity contribution in [3.05, 3.63) is 84.0 Å². The van der Waals surface area contributed by atoms with Crippen molar-refractivity contribution in [1.29, 1.82) is 0 Å². The number of nitrogens with zero attached hydrogens (tertiary/aromatic N) is 1. The van der Waals surface area contributed by atoms with E-state index >= 15 is 0 Å². The molecular formula is C27H23NO5. The van der Waals surface area contributed by atoms with Gasteiger partial charge < -0.3 is 9.47 Å². The first-order valence-corrected chi connectivity index (χ1v) is 11.3. The van der Waals surface area contributed by atoms with Crippen LogP contribution >= 0.6 is 0 Å². The molecule has 2 aliphatic carbocycles.